The van der Waals surface area contributed by atoms with Crippen LogP contribution in [0.4, 0.5) is 5.82 Å². The smallest absolute Gasteiger partial charge is 0.300 e. The molecular weight excluding hydrogens is 196 g/mol. The predicted molar refractivity (Wildman–Crippen MR) is 53.1 cm³/mol. The van der Waals surface area contributed by atoms with Crippen LogP contribution in [0.1, 0.15) is 17.3 Å². The molecular formula is C10H10N2O3. The molecule has 0 aliphatic carbocycles. The third kappa shape index (κ3) is 1.20. The lowest BCUT2D eigenvalue weighted by Crippen LogP contribution is -2.29. The van der Waals surface area contributed by atoms with Gasteiger partial charge in [0, 0.05) is 12.7 Å². The van der Waals surface area contributed by atoms with Crippen molar-refractivity contribution in [1.82, 2.24) is 4.98 Å². The first kappa shape index (κ1) is 9.64. The first-order valence-corrected chi connectivity index (χ1v) is 4.59. The zero-order valence-electron chi connectivity index (χ0n) is 8.48. The Labute approximate surface area is 86.7 Å². The number of hydrogen-bond acceptors (Lipinski definition) is 4. The van der Waals surface area contributed by atoms with Crippen LogP contribution >= 0.6 is 0 Å². The number of carbonyl (C=O) groups excluding carboxylic acids is 2. The number of hydrogen-bond donors (Lipinski definition) is 0. The fraction of sp³-hybridized carbons (Fsp3) is 0.300. The highest BCUT2D eigenvalue weighted by atomic mass is 16.5. The van der Waals surface area contributed by atoms with Crippen molar-refractivity contribution < 1.29 is 14.3 Å². The van der Waals surface area contributed by atoms with Gasteiger partial charge in [-0.3, -0.25) is 14.5 Å². The summed E-state index contributed by atoms with van der Waals surface area (Å²) in [5.74, 6) is -0.289. The van der Waals surface area contributed by atoms with E-state index in [-0.39, 0.29) is 5.56 Å². The van der Waals surface area contributed by atoms with Gasteiger partial charge in [0.25, 0.3) is 5.78 Å². The van der Waals surface area contributed by atoms with Gasteiger partial charge in [-0.2, -0.15) is 0 Å². The number of methoxy groups -OCH3 is 1. The quantitative estimate of drug-likeness (QED) is 0.666. The van der Waals surface area contributed by atoms with Crippen LogP contribution in [-0.4, -0.2) is 30.3 Å². The van der Waals surface area contributed by atoms with Gasteiger partial charge in [-0.15, -0.1) is 0 Å². The van der Waals surface area contributed by atoms with Crippen molar-refractivity contribution in [2.24, 2.45) is 0 Å². The molecule has 0 fully saturated rings. The van der Waals surface area contributed by atoms with Crippen molar-refractivity contribution in [3.05, 3.63) is 17.8 Å². The lowest BCUT2D eigenvalue weighted by molar-refractivity contribution is -0.114. The first-order valence-electron chi connectivity index (χ1n) is 4.59. The molecule has 5 heteroatoms. The van der Waals surface area contributed by atoms with Crippen molar-refractivity contribution in [2.45, 2.75) is 6.92 Å². The summed E-state index contributed by atoms with van der Waals surface area (Å²) in [6.07, 6.45) is 1.52. The normalized spacial score (nSPS) is 14.4. The predicted octanol–water partition coefficient (Wildman–Crippen LogP) is 0.639. The molecule has 0 unspecified atom stereocenters. The number of ketones is 1. The molecule has 0 saturated heterocycles. The molecule has 15 heavy (non-hydrogen) atoms. The highest BCUT2D eigenvalue weighted by Gasteiger charge is 2.38. The summed E-state index contributed by atoms with van der Waals surface area (Å²) in [5, 5.41) is 0. The van der Waals surface area contributed by atoms with Gasteiger partial charge in [-0.1, -0.05) is 0 Å². The lowest BCUT2D eigenvalue weighted by atomic mass is 10.2. The molecule has 5 nitrogen and oxygen atoms in total. The number of aromatic nitrogens is 1. The van der Waals surface area contributed by atoms with E-state index in [1.54, 1.807) is 13.0 Å². The van der Waals surface area contributed by atoms with Gasteiger partial charge in [0.15, 0.2) is 5.82 Å². The Morgan fingerprint density at radius 3 is 2.80 bits per heavy atom. The van der Waals surface area contributed by atoms with Crippen molar-refractivity contribution in [2.75, 3.05) is 18.6 Å². The zero-order valence-corrected chi connectivity index (χ0v) is 8.48. The van der Waals surface area contributed by atoms with Gasteiger partial charge in [0.05, 0.1) is 7.11 Å². The average Bonchev–Trinajstić information content (AvgIpc) is 2.51. The van der Waals surface area contributed by atoms with Crippen LogP contribution < -0.4 is 9.64 Å². The van der Waals surface area contributed by atoms with Gasteiger partial charge >= 0.3 is 5.91 Å². The molecule has 2 rings (SSSR count). The van der Waals surface area contributed by atoms with Crippen LogP contribution in [0.5, 0.6) is 5.75 Å². The number of ether oxygens (including phenoxy) is 1. The second kappa shape index (κ2) is 3.34. The third-order valence-corrected chi connectivity index (χ3v) is 2.35. The molecule has 0 bridgehead atoms. The minimum Gasteiger partial charge on any atom is -0.496 e. The van der Waals surface area contributed by atoms with Gasteiger partial charge < -0.3 is 4.74 Å². The second-order valence-corrected chi connectivity index (χ2v) is 3.09. The minimum absolute atomic E-state index is 0.270. The van der Waals surface area contributed by atoms with E-state index in [2.05, 4.69) is 4.98 Å². The molecule has 0 aromatic carbocycles. The van der Waals surface area contributed by atoms with Gasteiger partial charge in [0.1, 0.15) is 11.3 Å². The number of likely N-dealkylation sites (N-methyl/N-ethyl adjacent to an activating group) is 1. The second-order valence-electron chi connectivity index (χ2n) is 3.09. The summed E-state index contributed by atoms with van der Waals surface area (Å²) in [6.45, 7) is 2.22. The maximum atomic E-state index is 11.6. The monoisotopic (exact) mass is 206 g/mol. The zero-order chi connectivity index (χ0) is 11.0. The molecule has 1 aromatic heterocycles. The number of anilines is 1. The fourth-order valence-electron chi connectivity index (χ4n) is 1.64. The van der Waals surface area contributed by atoms with E-state index < -0.39 is 11.7 Å². The van der Waals surface area contributed by atoms with E-state index in [9.17, 15) is 9.59 Å². The lowest BCUT2D eigenvalue weighted by Gasteiger charge is -2.11. The molecule has 0 N–H and O–H groups in total. The fourth-order valence-corrected chi connectivity index (χ4v) is 1.64. The Kier molecular flexibility index (Phi) is 2.15. The van der Waals surface area contributed by atoms with E-state index >= 15 is 0 Å². The van der Waals surface area contributed by atoms with E-state index in [0.717, 1.165) is 0 Å². The Hall–Kier alpha value is -1.91. The summed E-state index contributed by atoms with van der Waals surface area (Å²) in [7, 11) is 1.46. The molecule has 0 radical (unpaired) electrons. The number of nitrogens with zero attached hydrogens (tertiary/aromatic N) is 2. The molecule has 1 aliphatic rings. The van der Waals surface area contributed by atoms with Crippen molar-refractivity contribution in [3.8, 4) is 5.75 Å². The average molecular weight is 206 g/mol. The van der Waals surface area contributed by atoms with Crippen LogP contribution in [0.25, 0.3) is 0 Å². The SMILES string of the molecule is CCN1C(=O)C(=O)c2c(OC)ccnc21. The molecule has 0 atom stereocenters. The highest BCUT2D eigenvalue weighted by molar-refractivity contribution is 6.52. The summed E-state index contributed by atoms with van der Waals surface area (Å²) in [5.41, 5.74) is 0.270. The van der Waals surface area contributed by atoms with Crippen LogP contribution in [0.15, 0.2) is 12.3 Å². The van der Waals surface area contributed by atoms with Gasteiger partial charge in [0.2, 0.25) is 0 Å². The molecule has 1 amide bonds. The van der Waals surface area contributed by atoms with E-state index in [1.165, 1.54) is 18.2 Å². The van der Waals surface area contributed by atoms with E-state index in [1.807, 2.05) is 0 Å². The molecule has 1 aromatic rings. The molecule has 1 aliphatic heterocycles. The highest BCUT2D eigenvalue weighted by Crippen LogP contribution is 2.33. The molecule has 2 heterocycles. The van der Waals surface area contributed by atoms with Crippen molar-refractivity contribution in [1.29, 1.82) is 0 Å². The Balaban J connectivity index is 2.64. The van der Waals surface area contributed by atoms with Crippen LogP contribution in [0.3, 0.4) is 0 Å². The van der Waals surface area contributed by atoms with Crippen LogP contribution in [-0.2, 0) is 4.79 Å². The number of carbonyl (C=O) groups is 2. The van der Waals surface area contributed by atoms with E-state index in [4.69, 9.17) is 4.74 Å². The maximum Gasteiger partial charge on any atom is 0.300 e. The Bertz CT molecular complexity index is 442. The largest absolute Gasteiger partial charge is 0.496 e. The Morgan fingerprint density at radius 2 is 2.20 bits per heavy atom. The van der Waals surface area contributed by atoms with Crippen LogP contribution in [0.2, 0.25) is 0 Å². The number of pyridine rings is 1. The third-order valence-electron chi connectivity index (χ3n) is 2.35. The number of Topliss-reactive ketones (excluding diaryl/α,β-unsaturated/α-hetero) is 1. The van der Waals surface area contributed by atoms with Gasteiger partial charge in [-0.05, 0) is 13.0 Å². The van der Waals surface area contributed by atoms with Crippen LogP contribution in [0, 0.1) is 0 Å². The van der Waals surface area contributed by atoms with Crippen molar-refractivity contribution >= 4 is 17.5 Å². The Morgan fingerprint density at radius 1 is 1.47 bits per heavy atom. The number of fused-ring (bicyclic) bond motifs is 1. The first-order chi connectivity index (χ1) is 7.20. The summed E-state index contributed by atoms with van der Waals surface area (Å²) in [6, 6.07) is 1.57. The van der Waals surface area contributed by atoms with Crippen molar-refractivity contribution in [3.63, 3.8) is 0 Å². The number of rotatable bonds is 2. The summed E-state index contributed by atoms with van der Waals surface area (Å²) in [4.78, 5) is 28.5. The summed E-state index contributed by atoms with van der Waals surface area (Å²) < 4.78 is 5.03. The molecule has 78 valence electrons. The number of amides is 1. The molecule has 0 saturated carbocycles. The topological polar surface area (TPSA) is 59.5 Å². The standard InChI is InChI=1S/C10H10N2O3/c1-3-12-9-7(8(13)10(12)14)6(15-2)4-5-11-9/h4-5H,3H2,1-2H3. The summed E-state index contributed by atoms with van der Waals surface area (Å²) >= 11 is 0. The maximum absolute atomic E-state index is 11.6. The van der Waals surface area contributed by atoms with Gasteiger partial charge in [-0.25, -0.2) is 4.98 Å². The molecule has 0 spiro atoms. The van der Waals surface area contributed by atoms with E-state index in [0.29, 0.717) is 18.1 Å². The minimum atomic E-state index is -0.545.